The molecule has 0 N–H and O–H groups in total. The van der Waals surface area contributed by atoms with Crippen molar-refractivity contribution in [1.82, 2.24) is 0 Å². The fourth-order valence-electron chi connectivity index (χ4n) is 1.74. The van der Waals surface area contributed by atoms with Crippen LogP contribution >= 0.6 is 11.8 Å². The van der Waals surface area contributed by atoms with Gasteiger partial charge in [0, 0.05) is 25.9 Å². The van der Waals surface area contributed by atoms with Crippen LogP contribution in [0.2, 0.25) is 6.04 Å². The van der Waals surface area contributed by atoms with Crippen molar-refractivity contribution in [1.29, 1.82) is 0 Å². The van der Waals surface area contributed by atoms with Crippen molar-refractivity contribution in [3.63, 3.8) is 0 Å². The molecule has 0 unspecified atom stereocenters. The summed E-state index contributed by atoms with van der Waals surface area (Å²) in [5.74, 6) is 2.45. The lowest BCUT2D eigenvalue weighted by molar-refractivity contribution is 0.0712. The summed E-state index contributed by atoms with van der Waals surface area (Å²) >= 11 is 2.03. The van der Waals surface area contributed by atoms with E-state index in [9.17, 15) is 0 Å². The first-order valence-corrected chi connectivity index (χ1v) is 10.3. The van der Waals surface area contributed by atoms with E-state index in [4.69, 9.17) is 13.3 Å². The van der Waals surface area contributed by atoms with Gasteiger partial charge in [0.2, 0.25) is 0 Å². The van der Waals surface area contributed by atoms with E-state index in [1.165, 1.54) is 24.3 Å². The van der Waals surface area contributed by atoms with Gasteiger partial charge in [0.05, 0.1) is 0 Å². The molecular weight excluding hydrogens is 264 g/mol. The zero-order valence-electron chi connectivity index (χ0n) is 12.5. The van der Waals surface area contributed by atoms with Gasteiger partial charge in [-0.3, -0.25) is 0 Å². The maximum atomic E-state index is 5.82. The van der Waals surface area contributed by atoms with Crippen LogP contribution in [0, 0.1) is 0 Å². The Morgan fingerprint density at radius 1 is 0.778 bits per heavy atom. The molecule has 0 aliphatic rings. The number of unbranched alkanes of at least 4 members (excludes halogenated alkanes) is 1. The minimum Gasteiger partial charge on any atom is -0.374 e. The summed E-state index contributed by atoms with van der Waals surface area (Å²) in [5.41, 5.74) is 0. The van der Waals surface area contributed by atoms with Crippen LogP contribution in [0.4, 0.5) is 0 Å². The molecule has 3 nitrogen and oxygen atoms in total. The summed E-state index contributed by atoms with van der Waals surface area (Å²) in [4.78, 5) is 0. The van der Waals surface area contributed by atoms with E-state index in [-0.39, 0.29) is 0 Å². The van der Waals surface area contributed by atoms with Crippen molar-refractivity contribution in [2.24, 2.45) is 0 Å². The number of hydrogen-bond acceptors (Lipinski definition) is 4. The quantitative estimate of drug-likeness (QED) is 0.380. The molecule has 0 saturated carbocycles. The lowest BCUT2D eigenvalue weighted by Gasteiger charge is -2.28. The highest BCUT2D eigenvalue weighted by atomic mass is 32.2. The van der Waals surface area contributed by atoms with Gasteiger partial charge >= 0.3 is 8.80 Å². The van der Waals surface area contributed by atoms with Gasteiger partial charge in [0.15, 0.2) is 0 Å². The molecule has 0 saturated heterocycles. The fraction of sp³-hybridized carbons (Fsp3) is 1.00. The van der Waals surface area contributed by atoms with Crippen LogP contribution in [-0.4, -0.2) is 40.1 Å². The molecule has 0 atom stereocenters. The van der Waals surface area contributed by atoms with Crippen molar-refractivity contribution < 1.29 is 13.3 Å². The first-order valence-electron chi connectivity index (χ1n) is 7.24. The lowest BCUT2D eigenvalue weighted by Crippen LogP contribution is -2.46. The van der Waals surface area contributed by atoms with Crippen LogP contribution in [0.1, 0.15) is 47.0 Å². The van der Waals surface area contributed by atoms with Gasteiger partial charge in [-0.25, -0.2) is 0 Å². The molecule has 0 spiro atoms. The van der Waals surface area contributed by atoms with E-state index in [1.807, 2.05) is 32.5 Å². The molecule has 0 bridgehead atoms. The van der Waals surface area contributed by atoms with Crippen LogP contribution in [0.3, 0.4) is 0 Å². The van der Waals surface area contributed by atoms with Crippen LogP contribution in [-0.2, 0) is 13.3 Å². The predicted octanol–water partition coefficient (Wildman–Crippen LogP) is 3.96. The second-order valence-corrected chi connectivity index (χ2v) is 8.01. The number of rotatable bonds is 13. The molecule has 5 heteroatoms. The van der Waals surface area contributed by atoms with Gasteiger partial charge in [-0.05, 0) is 45.1 Å². The maximum absolute atomic E-state index is 5.82. The van der Waals surface area contributed by atoms with Crippen LogP contribution in [0.25, 0.3) is 0 Å². The van der Waals surface area contributed by atoms with Crippen LogP contribution in [0.15, 0.2) is 0 Å². The van der Waals surface area contributed by atoms with Crippen molar-refractivity contribution in [2.75, 3.05) is 31.3 Å². The van der Waals surface area contributed by atoms with Gasteiger partial charge in [-0.1, -0.05) is 13.3 Å². The third kappa shape index (κ3) is 8.53. The summed E-state index contributed by atoms with van der Waals surface area (Å²) in [6.45, 7) is 10.3. The maximum Gasteiger partial charge on any atom is 0.500 e. The Morgan fingerprint density at radius 2 is 1.28 bits per heavy atom. The zero-order chi connectivity index (χ0) is 13.7. The molecule has 0 amide bonds. The Morgan fingerprint density at radius 3 is 1.72 bits per heavy atom. The minimum absolute atomic E-state index is 0.676. The highest BCUT2D eigenvalue weighted by Gasteiger charge is 2.39. The summed E-state index contributed by atoms with van der Waals surface area (Å²) in [5, 5.41) is 0. The SMILES string of the molecule is CCCCSCCC[Si](OCC)(OCC)OCC. The standard InChI is InChI=1S/C13H30O3SSi/c1-5-9-11-17-12-10-13-18(14-6-2,15-7-3)16-8-4/h5-13H2,1-4H3. The summed E-state index contributed by atoms with van der Waals surface area (Å²) in [6, 6.07) is 0.946. The van der Waals surface area contributed by atoms with Crippen molar-refractivity contribution >= 4 is 20.6 Å². The topological polar surface area (TPSA) is 27.7 Å². The Labute approximate surface area is 118 Å². The lowest BCUT2D eigenvalue weighted by atomic mass is 10.4. The molecule has 0 aromatic carbocycles. The number of thioether (sulfide) groups is 1. The molecule has 18 heavy (non-hydrogen) atoms. The Kier molecular flexibility index (Phi) is 12.8. The molecule has 0 rings (SSSR count). The van der Waals surface area contributed by atoms with E-state index in [1.54, 1.807) is 0 Å². The second kappa shape index (κ2) is 12.5. The molecule has 0 heterocycles. The fourth-order valence-corrected chi connectivity index (χ4v) is 5.65. The summed E-state index contributed by atoms with van der Waals surface area (Å²) in [7, 11) is -2.38. The third-order valence-corrected chi connectivity index (χ3v) is 6.81. The van der Waals surface area contributed by atoms with Gasteiger partial charge in [-0.15, -0.1) is 0 Å². The highest BCUT2D eigenvalue weighted by Crippen LogP contribution is 2.20. The van der Waals surface area contributed by atoms with E-state index < -0.39 is 8.80 Å². The van der Waals surface area contributed by atoms with Crippen LogP contribution in [0.5, 0.6) is 0 Å². The van der Waals surface area contributed by atoms with Crippen molar-refractivity contribution in [2.45, 2.75) is 53.0 Å². The van der Waals surface area contributed by atoms with Gasteiger partial charge in [-0.2, -0.15) is 11.8 Å². The van der Waals surface area contributed by atoms with Gasteiger partial charge in [0.25, 0.3) is 0 Å². The van der Waals surface area contributed by atoms with E-state index in [0.717, 1.165) is 12.5 Å². The van der Waals surface area contributed by atoms with Crippen LogP contribution < -0.4 is 0 Å². The monoisotopic (exact) mass is 294 g/mol. The summed E-state index contributed by atoms with van der Waals surface area (Å²) < 4.78 is 17.5. The highest BCUT2D eigenvalue weighted by molar-refractivity contribution is 7.99. The second-order valence-electron chi connectivity index (χ2n) is 4.05. The van der Waals surface area contributed by atoms with E-state index in [2.05, 4.69) is 6.92 Å². The Balaban J connectivity index is 3.97. The smallest absolute Gasteiger partial charge is 0.374 e. The molecule has 0 aliphatic heterocycles. The average molecular weight is 295 g/mol. The Hall–Kier alpha value is 0.447. The third-order valence-electron chi connectivity index (χ3n) is 2.51. The molecule has 0 fully saturated rings. The Bertz CT molecular complexity index is 165. The average Bonchev–Trinajstić information content (AvgIpc) is 2.35. The van der Waals surface area contributed by atoms with Crippen molar-refractivity contribution in [3.8, 4) is 0 Å². The summed E-state index contributed by atoms with van der Waals surface area (Å²) in [6.07, 6.45) is 3.72. The van der Waals surface area contributed by atoms with E-state index >= 15 is 0 Å². The molecule has 110 valence electrons. The van der Waals surface area contributed by atoms with Gasteiger partial charge in [0.1, 0.15) is 0 Å². The minimum atomic E-state index is -2.38. The normalized spacial score (nSPS) is 12.0. The van der Waals surface area contributed by atoms with Crippen molar-refractivity contribution in [3.05, 3.63) is 0 Å². The molecular formula is C13H30O3SSi. The first-order chi connectivity index (χ1) is 8.74. The van der Waals surface area contributed by atoms with Gasteiger partial charge < -0.3 is 13.3 Å². The van der Waals surface area contributed by atoms with E-state index in [0.29, 0.717) is 19.8 Å². The zero-order valence-corrected chi connectivity index (χ0v) is 14.3. The molecule has 0 aromatic rings. The molecule has 0 aromatic heterocycles. The first kappa shape index (κ1) is 18.4. The largest absolute Gasteiger partial charge is 0.500 e. The molecule has 0 radical (unpaired) electrons. The predicted molar refractivity (Wildman–Crippen MR) is 82.3 cm³/mol. The molecule has 0 aliphatic carbocycles. The number of hydrogen-bond donors (Lipinski definition) is 0.